The number of halogens is 5. The summed E-state index contributed by atoms with van der Waals surface area (Å²) in [6.45, 7) is 1.01. The third-order valence-corrected chi connectivity index (χ3v) is 1.77. The van der Waals surface area contributed by atoms with E-state index in [2.05, 4.69) is 12.6 Å². The zero-order chi connectivity index (χ0) is 11.6. The topological polar surface area (TPSA) is 17.1 Å². The molecule has 0 bridgehead atoms. The fourth-order valence-corrected chi connectivity index (χ4v) is 0.992. The van der Waals surface area contributed by atoms with E-state index in [1.165, 1.54) is 0 Å². The number of rotatable bonds is 5. The molecule has 0 aliphatic heterocycles. The van der Waals surface area contributed by atoms with Crippen molar-refractivity contribution in [1.82, 2.24) is 0 Å². The van der Waals surface area contributed by atoms with Crippen molar-refractivity contribution in [3.63, 3.8) is 0 Å². The maximum absolute atomic E-state index is 12.6. The van der Waals surface area contributed by atoms with Gasteiger partial charge < -0.3 is 0 Å². The number of carbonyl (C=O) groups is 1. The Morgan fingerprint density at radius 2 is 1.79 bits per heavy atom. The van der Waals surface area contributed by atoms with Crippen LogP contribution in [0.1, 0.15) is 19.8 Å². The summed E-state index contributed by atoms with van der Waals surface area (Å²) in [6, 6.07) is 0. The van der Waals surface area contributed by atoms with Crippen LogP contribution < -0.4 is 0 Å². The molecule has 0 spiro atoms. The average Bonchev–Trinajstić information content (AvgIpc) is 2.00. The minimum absolute atomic E-state index is 0.747. The smallest absolute Gasteiger partial charge is 0.287 e. The van der Waals surface area contributed by atoms with Crippen LogP contribution in [0.3, 0.4) is 0 Å². The summed E-state index contributed by atoms with van der Waals surface area (Å²) in [4.78, 5) is 10.1. The molecule has 0 N–H and O–H groups in total. The Labute approximate surface area is 83.1 Å². The predicted octanol–water partition coefficient (Wildman–Crippen LogP) is 2.85. The summed E-state index contributed by atoms with van der Waals surface area (Å²) >= 11 is 2.95. The molecule has 0 heterocycles. The third kappa shape index (κ3) is 2.83. The van der Waals surface area contributed by atoms with Gasteiger partial charge in [-0.3, -0.25) is 4.79 Å². The van der Waals surface area contributed by atoms with Crippen LogP contribution in [0.25, 0.3) is 0 Å². The highest BCUT2D eigenvalue weighted by molar-refractivity contribution is 7.96. The Balaban J connectivity index is 4.76. The van der Waals surface area contributed by atoms with Gasteiger partial charge >= 0.3 is 11.8 Å². The van der Waals surface area contributed by atoms with Gasteiger partial charge in [-0.2, -0.15) is 17.6 Å². The normalized spacial score (nSPS) is 15.4. The first-order valence-electron chi connectivity index (χ1n) is 3.76. The standard InChI is InChI=1S/C7H9F5OS/c1-2-4(8)7(11,12)6(9,10)3-5(13)14/h4H,2-3H2,1H3,(H,13,14). The molecule has 14 heavy (non-hydrogen) atoms. The minimum atomic E-state index is -4.83. The molecule has 0 aromatic carbocycles. The van der Waals surface area contributed by atoms with Gasteiger partial charge in [-0.1, -0.05) is 6.92 Å². The first kappa shape index (κ1) is 13.7. The predicted molar refractivity (Wildman–Crippen MR) is 43.7 cm³/mol. The monoisotopic (exact) mass is 236 g/mol. The van der Waals surface area contributed by atoms with Crippen LogP contribution in [0.15, 0.2) is 0 Å². The van der Waals surface area contributed by atoms with Crippen LogP contribution in [0.2, 0.25) is 0 Å². The molecule has 0 aliphatic rings. The van der Waals surface area contributed by atoms with Crippen LogP contribution >= 0.6 is 12.6 Å². The lowest BCUT2D eigenvalue weighted by atomic mass is 10.0. The van der Waals surface area contributed by atoms with Crippen LogP contribution in [0.5, 0.6) is 0 Å². The number of alkyl halides is 5. The molecule has 1 unspecified atom stereocenters. The van der Waals surface area contributed by atoms with Crippen LogP contribution in [0.4, 0.5) is 22.0 Å². The van der Waals surface area contributed by atoms with Gasteiger partial charge in [0, 0.05) is 0 Å². The van der Waals surface area contributed by atoms with E-state index >= 15 is 0 Å². The molecule has 0 amide bonds. The largest absolute Gasteiger partial charge is 0.341 e. The molecule has 0 aromatic heterocycles. The molecular formula is C7H9F5OS. The molecule has 1 atom stereocenters. The van der Waals surface area contributed by atoms with Crippen LogP contribution in [-0.4, -0.2) is 23.1 Å². The highest BCUT2D eigenvalue weighted by Gasteiger charge is 2.61. The van der Waals surface area contributed by atoms with E-state index in [0.717, 1.165) is 6.92 Å². The van der Waals surface area contributed by atoms with Crippen molar-refractivity contribution < 1.29 is 26.7 Å². The number of hydrogen-bond donors (Lipinski definition) is 1. The molecule has 1 nitrogen and oxygen atoms in total. The second-order valence-corrected chi connectivity index (χ2v) is 3.27. The van der Waals surface area contributed by atoms with E-state index in [9.17, 15) is 26.7 Å². The van der Waals surface area contributed by atoms with Crippen molar-refractivity contribution in [3.8, 4) is 0 Å². The summed E-state index contributed by atoms with van der Waals surface area (Å²) in [5, 5.41) is -1.40. The second-order valence-electron chi connectivity index (χ2n) is 2.77. The van der Waals surface area contributed by atoms with Gasteiger partial charge in [-0.25, -0.2) is 4.39 Å². The van der Waals surface area contributed by atoms with Gasteiger partial charge in [0.15, 0.2) is 11.3 Å². The SMILES string of the molecule is CCC(F)C(F)(F)C(F)(F)CC(=O)S. The Hall–Kier alpha value is -0.330. The van der Waals surface area contributed by atoms with Crippen molar-refractivity contribution in [2.24, 2.45) is 0 Å². The van der Waals surface area contributed by atoms with Gasteiger partial charge in [0.2, 0.25) is 0 Å². The molecule has 0 aromatic rings. The van der Waals surface area contributed by atoms with E-state index in [4.69, 9.17) is 0 Å². The lowest BCUT2D eigenvalue weighted by Gasteiger charge is -2.27. The first-order chi connectivity index (χ1) is 6.15. The summed E-state index contributed by atoms with van der Waals surface area (Å²) in [5.74, 6) is -9.53. The highest BCUT2D eigenvalue weighted by atomic mass is 32.1. The van der Waals surface area contributed by atoms with E-state index < -0.39 is 36.0 Å². The fourth-order valence-electron chi connectivity index (χ4n) is 0.793. The minimum Gasteiger partial charge on any atom is -0.287 e. The van der Waals surface area contributed by atoms with Crippen molar-refractivity contribution >= 4 is 17.7 Å². The van der Waals surface area contributed by atoms with Crippen molar-refractivity contribution in [2.45, 2.75) is 37.8 Å². The molecule has 0 saturated heterocycles. The zero-order valence-corrected chi connectivity index (χ0v) is 8.13. The Morgan fingerprint density at radius 1 is 1.36 bits per heavy atom. The molecular weight excluding hydrogens is 227 g/mol. The summed E-state index contributed by atoms with van der Waals surface area (Å²) < 4.78 is 63.0. The molecule has 0 saturated carbocycles. The van der Waals surface area contributed by atoms with Gasteiger partial charge in [0.05, 0.1) is 6.42 Å². The Bertz CT molecular complexity index is 218. The molecule has 0 rings (SSSR count). The van der Waals surface area contributed by atoms with Gasteiger partial charge in [-0.05, 0) is 6.42 Å². The van der Waals surface area contributed by atoms with Crippen LogP contribution in [-0.2, 0) is 4.79 Å². The summed E-state index contributed by atoms with van der Waals surface area (Å²) in [7, 11) is 0. The molecule has 7 heteroatoms. The van der Waals surface area contributed by atoms with Gasteiger partial charge in [-0.15, -0.1) is 12.6 Å². The highest BCUT2D eigenvalue weighted by Crippen LogP contribution is 2.42. The third-order valence-electron chi connectivity index (χ3n) is 1.61. The molecule has 0 fully saturated rings. The maximum atomic E-state index is 12.6. The van der Waals surface area contributed by atoms with Crippen molar-refractivity contribution in [3.05, 3.63) is 0 Å². The second kappa shape index (κ2) is 4.46. The lowest BCUT2D eigenvalue weighted by Crippen LogP contribution is -2.48. The quantitative estimate of drug-likeness (QED) is 0.573. The average molecular weight is 236 g/mol. The Kier molecular flexibility index (Phi) is 4.35. The molecule has 0 radical (unpaired) electrons. The van der Waals surface area contributed by atoms with E-state index in [1.54, 1.807) is 0 Å². The van der Waals surface area contributed by atoms with Crippen molar-refractivity contribution in [1.29, 1.82) is 0 Å². The van der Waals surface area contributed by atoms with Crippen LogP contribution in [0, 0.1) is 0 Å². The maximum Gasteiger partial charge on any atom is 0.341 e. The number of carbonyl (C=O) groups excluding carboxylic acids is 1. The van der Waals surface area contributed by atoms with Gasteiger partial charge in [0.1, 0.15) is 0 Å². The van der Waals surface area contributed by atoms with Gasteiger partial charge in [0.25, 0.3) is 0 Å². The zero-order valence-electron chi connectivity index (χ0n) is 7.24. The lowest BCUT2D eigenvalue weighted by molar-refractivity contribution is -0.238. The molecule has 0 aliphatic carbocycles. The first-order valence-corrected chi connectivity index (χ1v) is 4.21. The number of thiol groups is 1. The van der Waals surface area contributed by atoms with E-state index in [1.807, 2.05) is 0 Å². The summed E-state index contributed by atoms with van der Waals surface area (Å²) in [5.41, 5.74) is 0. The molecule has 84 valence electrons. The fraction of sp³-hybridized carbons (Fsp3) is 0.857. The van der Waals surface area contributed by atoms with Crippen molar-refractivity contribution in [2.75, 3.05) is 0 Å². The summed E-state index contributed by atoms with van der Waals surface area (Å²) in [6.07, 6.45) is -5.49. The Morgan fingerprint density at radius 3 is 2.07 bits per heavy atom. The van der Waals surface area contributed by atoms with E-state index in [-0.39, 0.29) is 0 Å². The van der Waals surface area contributed by atoms with E-state index in [0.29, 0.717) is 0 Å². The number of hydrogen-bond acceptors (Lipinski definition) is 1.